The summed E-state index contributed by atoms with van der Waals surface area (Å²) in [6.45, 7) is 0. The lowest BCUT2D eigenvalue weighted by Gasteiger charge is -2.00. The van der Waals surface area contributed by atoms with Gasteiger partial charge < -0.3 is 4.57 Å². The number of hydrogen-bond acceptors (Lipinski definition) is 3. The fourth-order valence-electron chi connectivity index (χ4n) is 1.40. The van der Waals surface area contributed by atoms with Crippen LogP contribution in [0.15, 0.2) is 36.9 Å². The maximum absolute atomic E-state index is 11.8. The van der Waals surface area contributed by atoms with Crippen molar-refractivity contribution in [1.82, 2.24) is 14.5 Å². The standard InChI is InChI=1S/C11H11N3O/c1-14-7-6-13-11(14)10(15)8-9-2-4-12-5-3-9/h2-7H,8H2,1H3. The Morgan fingerprint density at radius 1 is 1.33 bits per heavy atom. The zero-order valence-electron chi connectivity index (χ0n) is 8.42. The van der Waals surface area contributed by atoms with Gasteiger partial charge in [-0.15, -0.1) is 0 Å². The number of hydrogen-bond donors (Lipinski definition) is 0. The van der Waals surface area contributed by atoms with E-state index in [1.165, 1.54) is 0 Å². The second-order valence-electron chi connectivity index (χ2n) is 3.32. The van der Waals surface area contributed by atoms with Crippen molar-refractivity contribution in [3.63, 3.8) is 0 Å². The Kier molecular flexibility index (Phi) is 2.58. The molecule has 0 atom stereocenters. The molecule has 0 fully saturated rings. The van der Waals surface area contributed by atoms with Gasteiger partial charge in [0.15, 0.2) is 5.82 Å². The monoisotopic (exact) mass is 201 g/mol. The zero-order valence-corrected chi connectivity index (χ0v) is 8.42. The topological polar surface area (TPSA) is 47.8 Å². The molecule has 0 amide bonds. The molecule has 0 aromatic carbocycles. The highest BCUT2D eigenvalue weighted by Gasteiger charge is 2.10. The number of aryl methyl sites for hydroxylation is 1. The van der Waals surface area contributed by atoms with Crippen LogP contribution in [-0.2, 0) is 13.5 Å². The summed E-state index contributed by atoms with van der Waals surface area (Å²) in [7, 11) is 1.81. The molecule has 2 aromatic heterocycles. The zero-order chi connectivity index (χ0) is 10.7. The SMILES string of the molecule is Cn1ccnc1C(=O)Cc1ccncc1. The summed E-state index contributed by atoms with van der Waals surface area (Å²) in [4.78, 5) is 19.7. The van der Waals surface area contributed by atoms with Crippen LogP contribution in [0, 0.1) is 0 Å². The van der Waals surface area contributed by atoms with E-state index in [-0.39, 0.29) is 5.78 Å². The quantitative estimate of drug-likeness (QED) is 0.702. The van der Waals surface area contributed by atoms with E-state index in [4.69, 9.17) is 0 Å². The van der Waals surface area contributed by atoms with Crippen molar-refractivity contribution in [2.45, 2.75) is 6.42 Å². The van der Waals surface area contributed by atoms with Gasteiger partial charge in [-0.1, -0.05) is 0 Å². The van der Waals surface area contributed by atoms with Crippen molar-refractivity contribution in [3.05, 3.63) is 48.3 Å². The molecule has 2 aromatic rings. The van der Waals surface area contributed by atoms with E-state index in [1.54, 1.807) is 29.4 Å². The predicted octanol–water partition coefficient (Wildman–Crippen LogP) is 1.24. The molecular weight excluding hydrogens is 190 g/mol. The van der Waals surface area contributed by atoms with Crippen LogP contribution in [-0.4, -0.2) is 20.3 Å². The van der Waals surface area contributed by atoms with Crippen LogP contribution in [0.25, 0.3) is 0 Å². The van der Waals surface area contributed by atoms with Gasteiger partial charge in [0.25, 0.3) is 0 Å². The number of carbonyl (C=O) groups excluding carboxylic acids is 1. The van der Waals surface area contributed by atoms with Gasteiger partial charge in [-0.25, -0.2) is 4.98 Å². The lowest BCUT2D eigenvalue weighted by molar-refractivity contribution is 0.0980. The average Bonchev–Trinajstić information content (AvgIpc) is 2.66. The Morgan fingerprint density at radius 2 is 2.07 bits per heavy atom. The van der Waals surface area contributed by atoms with Crippen molar-refractivity contribution >= 4 is 5.78 Å². The molecule has 0 N–H and O–H groups in total. The molecule has 15 heavy (non-hydrogen) atoms. The third kappa shape index (κ3) is 2.10. The summed E-state index contributed by atoms with van der Waals surface area (Å²) < 4.78 is 1.73. The minimum absolute atomic E-state index is 0.0219. The summed E-state index contributed by atoms with van der Waals surface area (Å²) in [5, 5.41) is 0. The van der Waals surface area contributed by atoms with Crippen LogP contribution in [0.4, 0.5) is 0 Å². The van der Waals surface area contributed by atoms with E-state index in [0.717, 1.165) is 5.56 Å². The highest BCUT2D eigenvalue weighted by atomic mass is 16.1. The van der Waals surface area contributed by atoms with E-state index in [1.807, 2.05) is 19.2 Å². The normalized spacial score (nSPS) is 10.2. The first kappa shape index (κ1) is 9.58. The number of aromatic nitrogens is 3. The predicted molar refractivity (Wildman–Crippen MR) is 55.5 cm³/mol. The first-order chi connectivity index (χ1) is 7.27. The van der Waals surface area contributed by atoms with Gasteiger partial charge in [-0.3, -0.25) is 9.78 Å². The Morgan fingerprint density at radius 3 is 2.67 bits per heavy atom. The number of rotatable bonds is 3. The molecule has 4 nitrogen and oxygen atoms in total. The number of Topliss-reactive ketones (excluding diaryl/α,β-unsaturated/α-hetero) is 1. The summed E-state index contributed by atoms with van der Waals surface area (Å²) >= 11 is 0. The third-order valence-corrected chi connectivity index (χ3v) is 2.18. The smallest absolute Gasteiger partial charge is 0.202 e. The van der Waals surface area contributed by atoms with Crippen molar-refractivity contribution in [1.29, 1.82) is 0 Å². The molecule has 0 radical (unpaired) electrons. The maximum atomic E-state index is 11.8. The fourth-order valence-corrected chi connectivity index (χ4v) is 1.40. The van der Waals surface area contributed by atoms with Gasteiger partial charge in [0.05, 0.1) is 0 Å². The Bertz CT molecular complexity index is 462. The van der Waals surface area contributed by atoms with Crippen LogP contribution >= 0.6 is 0 Å². The number of imidazole rings is 1. The van der Waals surface area contributed by atoms with E-state index < -0.39 is 0 Å². The van der Waals surface area contributed by atoms with Gasteiger partial charge in [0.2, 0.25) is 5.78 Å². The van der Waals surface area contributed by atoms with Gasteiger partial charge in [-0.2, -0.15) is 0 Å². The van der Waals surface area contributed by atoms with E-state index in [9.17, 15) is 4.79 Å². The van der Waals surface area contributed by atoms with Crippen molar-refractivity contribution < 1.29 is 4.79 Å². The molecule has 4 heteroatoms. The molecule has 0 saturated carbocycles. The average molecular weight is 201 g/mol. The molecule has 0 aliphatic carbocycles. The number of nitrogens with zero attached hydrogens (tertiary/aromatic N) is 3. The molecule has 0 unspecified atom stereocenters. The largest absolute Gasteiger partial charge is 0.332 e. The Hall–Kier alpha value is -1.97. The molecule has 0 aliphatic rings. The number of carbonyl (C=O) groups is 1. The van der Waals surface area contributed by atoms with E-state index in [2.05, 4.69) is 9.97 Å². The Labute approximate surface area is 87.6 Å². The summed E-state index contributed by atoms with van der Waals surface area (Å²) in [6.07, 6.45) is 7.12. The van der Waals surface area contributed by atoms with Crippen LogP contribution < -0.4 is 0 Å². The van der Waals surface area contributed by atoms with Gasteiger partial charge in [0.1, 0.15) is 0 Å². The molecule has 2 heterocycles. The molecular formula is C11H11N3O. The molecule has 0 spiro atoms. The van der Waals surface area contributed by atoms with Crippen LogP contribution in [0.1, 0.15) is 16.2 Å². The lowest BCUT2D eigenvalue weighted by atomic mass is 10.1. The lowest BCUT2D eigenvalue weighted by Crippen LogP contribution is -2.10. The second-order valence-corrected chi connectivity index (χ2v) is 3.32. The second kappa shape index (κ2) is 4.04. The minimum Gasteiger partial charge on any atom is -0.332 e. The summed E-state index contributed by atoms with van der Waals surface area (Å²) in [5.74, 6) is 0.514. The molecule has 2 rings (SSSR count). The van der Waals surface area contributed by atoms with E-state index >= 15 is 0 Å². The summed E-state index contributed by atoms with van der Waals surface area (Å²) in [6, 6.07) is 3.67. The molecule has 0 aliphatic heterocycles. The van der Waals surface area contributed by atoms with Crippen LogP contribution in [0.2, 0.25) is 0 Å². The minimum atomic E-state index is 0.0219. The summed E-state index contributed by atoms with van der Waals surface area (Å²) in [5.41, 5.74) is 0.956. The Balaban J connectivity index is 2.15. The first-order valence-electron chi connectivity index (χ1n) is 4.67. The van der Waals surface area contributed by atoms with Gasteiger partial charge >= 0.3 is 0 Å². The highest BCUT2D eigenvalue weighted by molar-refractivity contribution is 5.94. The van der Waals surface area contributed by atoms with Crippen LogP contribution in [0.3, 0.4) is 0 Å². The van der Waals surface area contributed by atoms with Crippen molar-refractivity contribution in [2.75, 3.05) is 0 Å². The van der Waals surface area contributed by atoms with E-state index in [0.29, 0.717) is 12.2 Å². The number of pyridine rings is 1. The number of ketones is 1. The van der Waals surface area contributed by atoms with Crippen molar-refractivity contribution in [3.8, 4) is 0 Å². The van der Waals surface area contributed by atoms with Gasteiger partial charge in [-0.05, 0) is 17.7 Å². The highest BCUT2D eigenvalue weighted by Crippen LogP contribution is 2.04. The molecule has 0 saturated heterocycles. The van der Waals surface area contributed by atoms with Gasteiger partial charge in [0, 0.05) is 38.3 Å². The molecule has 76 valence electrons. The van der Waals surface area contributed by atoms with Crippen molar-refractivity contribution in [2.24, 2.45) is 7.05 Å². The third-order valence-electron chi connectivity index (χ3n) is 2.18. The van der Waals surface area contributed by atoms with Crippen LogP contribution in [0.5, 0.6) is 0 Å². The maximum Gasteiger partial charge on any atom is 0.202 e. The molecule has 0 bridgehead atoms. The first-order valence-corrected chi connectivity index (χ1v) is 4.67. The fraction of sp³-hybridized carbons (Fsp3) is 0.182.